The first-order valence-electron chi connectivity index (χ1n) is 6.39. The van der Waals surface area contributed by atoms with E-state index in [1.165, 1.54) is 24.3 Å². The molecule has 0 aliphatic carbocycles. The summed E-state index contributed by atoms with van der Waals surface area (Å²) in [5.74, 6) is 0. The van der Waals surface area contributed by atoms with E-state index in [0.29, 0.717) is 10.5 Å². The Morgan fingerprint density at radius 1 is 1.08 bits per heavy atom. The van der Waals surface area contributed by atoms with E-state index in [1.54, 1.807) is 0 Å². The van der Waals surface area contributed by atoms with E-state index in [1.807, 2.05) is 0 Å². The first-order valence-corrected chi connectivity index (χ1v) is 10.9. The van der Waals surface area contributed by atoms with Gasteiger partial charge < -0.3 is 0 Å². The molecule has 0 N–H and O–H groups in total. The van der Waals surface area contributed by atoms with Crippen LogP contribution in [0.15, 0.2) is 51.8 Å². The lowest BCUT2D eigenvalue weighted by molar-refractivity contribution is -0.384. The molecule has 25 heavy (non-hydrogen) atoms. The van der Waals surface area contributed by atoms with Gasteiger partial charge in [-0.25, -0.2) is 16.8 Å². The molecule has 0 bridgehead atoms. The third-order valence-corrected chi connectivity index (χ3v) is 7.53. The Bertz CT molecular complexity index is 1040. The van der Waals surface area contributed by atoms with Crippen molar-refractivity contribution in [3.63, 3.8) is 0 Å². The molecule has 2 aromatic rings. The van der Waals surface area contributed by atoms with Crippen molar-refractivity contribution >= 4 is 59.0 Å². The topological polar surface area (TPSA) is 115 Å². The molecule has 0 aliphatic heterocycles. The summed E-state index contributed by atoms with van der Waals surface area (Å²) in [4.78, 5) is 9.54. The summed E-state index contributed by atoms with van der Waals surface area (Å²) in [6, 6.07) is 8.24. The highest BCUT2D eigenvalue weighted by molar-refractivity contribution is 9.10. The van der Waals surface area contributed by atoms with Crippen LogP contribution in [0.5, 0.6) is 0 Å². The monoisotopic (exact) mass is 468 g/mol. The molecular formula is C13H10BrClN2O6S2. The summed E-state index contributed by atoms with van der Waals surface area (Å²) in [7, 11) is -8.88. The van der Waals surface area contributed by atoms with Crippen molar-refractivity contribution in [2.75, 3.05) is 9.97 Å². The Kier molecular flexibility index (Phi) is 5.42. The zero-order valence-electron chi connectivity index (χ0n) is 12.5. The molecule has 0 heterocycles. The third kappa shape index (κ3) is 4.11. The van der Waals surface area contributed by atoms with Gasteiger partial charge in [0.1, 0.15) is 5.02 Å². The Hall–Kier alpha value is -1.69. The summed E-state index contributed by atoms with van der Waals surface area (Å²) in [5, 5.41) is 10.7. The zero-order valence-corrected chi connectivity index (χ0v) is 16.4. The van der Waals surface area contributed by atoms with Gasteiger partial charge in [0.05, 0.1) is 21.8 Å². The van der Waals surface area contributed by atoms with Crippen LogP contribution in [0.1, 0.15) is 0 Å². The molecular weight excluding hydrogens is 460 g/mol. The standard InChI is InChI=1S/C13H10BrClN2O6S2/c1-24(20,21)17(10-4-2-9(14)3-5-10)25(22,23)11-6-7-12(15)13(8-11)16(18)19/h2-8H,1H3. The summed E-state index contributed by atoms with van der Waals surface area (Å²) < 4.78 is 50.7. The fraction of sp³-hybridized carbons (Fsp3) is 0.0769. The lowest BCUT2D eigenvalue weighted by Crippen LogP contribution is -2.36. The molecule has 0 fully saturated rings. The smallest absolute Gasteiger partial charge is 0.258 e. The number of hydrogen-bond acceptors (Lipinski definition) is 6. The van der Waals surface area contributed by atoms with Crippen LogP contribution in [0, 0.1) is 10.1 Å². The van der Waals surface area contributed by atoms with E-state index in [0.717, 1.165) is 18.4 Å². The number of rotatable bonds is 5. The van der Waals surface area contributed by atoms with Crippen molar-refractivity contribution in [1.82, 2.24) is 0 Å². The van der Waals surface area contributed by atoms with Gasteiger partial charge in [-0.2, -0.15) is 3.71 Å². The van der Waals surface area contributed by atoms with Crippen molar-refractivity contribution in [3.8, 4) is 0 Å². The minimum Gasteiger partial charge on any atom is -0.258 e. The number of nitrogens with zero attached hydrogens (tertiary/aromatic N) is 2. The van der Waals surface area contributed by atoms with Crippen LogP contribution in [0.3, 0.4) is 0 Å². The largest absolute Gasteiger partial charge is 0.289 e. The number of nitro benzene ring substituents is 1. The fourth-order valence-electron chi connectivity index (χ4n) is 1.96. The van der Waals surface area contributed by atoms with E-state index in [-0.39, 0.29) is 14.4 Å². The van der Waals surface area contributed by atoms with Gasteiger partial charge in [0.15, 0.2) is 0 Å². The van der Waals surface area contributed by atoms with E-state index >= 15 is 0 Å². The summed E-state index contributed by atoms with van der Waals surface area (Å²) in [6.07, 6.45) is 0.719. The molecule has 0 saturated heterocycles. The minimum atomic E-state index is -4.63. The van der Waals surface area contributed by atoms with Crippen molar-refractivity contribution < 1.29 is 21.8 Å². The molecule has 2 aromatic carbocycles. The van der Waals surface area contributed by atoms with Gasteiger partial charge in [-0.1, -0.05) is 27.5 Å². The summed E-state index contributed by atoms with van der Waals surface area (Å²) in [6.45, 7) is 0. The predicted octanol–water partition coefficient (Wildman–Crippen LogP) is 3.17. The second-order valence-corrected chi connectivity index (χ2v) is 9.98. The van der Waals surface area contributed by atoms with Gasteiger partial charge >= 0.3 is 0 Å². The van der Waals surface area contributed by atoms with Gasteiger partial charge in [0.2, 0.25) is 10.0 Å². The average molecular weight is 470 g/mol. The summed E-state index contributed by atoms with van der Waals surface area (Å²) in [5.41, 5.74) is -0.782. The van der Waals surface area contributed by atoms with E-state index in [2.05, 4.69) is 15.9 Å². The van der Waals surface area contributed by atoms with Crippen LogP contribution in [0.2, 0.25) is 5.02 Å². The average Bonchev–Trinajstić information content (AvgIpc) is 2.47. The van der Waals surface area contributed by atoms with Gasteiger partial charge in [-0.05, 0) is 36.4 Å². The highest BCUT2D eigenvalue weighted by Crippen LogP contribution is 2.32. The molecule has 0 spiro atoms. The quantitative estimate of drug-likeness (QED) is 0.491. The first kappa shape index (κ1) is 19.6. The SMILES string of the molecule is CS(=O)(=O)N(c1ccc(Br)cc1)S(=O)(=O)c1ccc(Cl)c([N+](=O)[O-])c1. The maximum absolute atomic E-state index is 12.8. The van der Waals surface area contributed by atoms with Crippen molar-refractivity contribution in [1.29, 1.82) is 0 Å². The third-order valence-electron chi connectivity index (χ3n) is 2.97. The van der Waals surface area contributed by atoms with Crippen molar-refractivity contribution in [2.45, 2.75) is 4.90 Å². The maximum atomic E-state index is 12.8. The maximum Gasteiger partial charge on any atom is 0.289 e. The number of sulfonamides is 2. The Morgan fingerprint density at radius 2 is 1.64 bits per heavy atom. The first-order chi connectivity index (χ1) is 11.4. The van der Waals surface area contributed by atoms with Gasteiger partial charge in [0.25, 0.3) is 15.7 Å². The summed E-state index contributed by atoms with van der Waals surface area (Å²) >= 11 is 8.84. The van der Waals surface area contributed by atoms with E-state index < -0.39 is 35.6 Å². The fourth-order valence-corrected chi connectivity index (χ4v) is 5.69. The van der Waals surface area contributed by atoms with Gasteiger partial charge in [0, 0.05) is 10.5 Å². The predicted molar refractivity (Wildman–Crippen MR) is 96.8 cm³/mol. The molecule has 2 rings (SSSR count). The second-order valence-electron chi connectivity index (χ2n) is 4.81. The number of halogens is 2. The highest BCUT2D eigenvalue weighted by atomic mass is 79.9. The van der Waals surface area contributed by atoms with Crippen LogP contribution in [0.4, 0.5) is 11.4 Å². The second kappa shape index (κ2) is 6.90. The van der Waals surface area contributed by atoms with Gasteiger partial charge in [-0.3, -0.25) is 10.1 Å². The molecule has 0 saturated carbocycles. The number of benzene rings is 2. The van der Waals surface area contributed by atoms with Crippen LogP contribution in [-0.2, 0) is 20.0 Å². The Morgan fingerprint density at radius 3 is 2.12 bits per heavy atom. The number of nitro groups is 1. The number of anilines is 1. The number of hydrogen-bond donors (Lipinski definition) is 0. The molecule has 0 radical (unpaired) electrons. The lowest BCUT2D eigenvalue weighted by Gasteiger charge is -2.22. The normalized spacial score (nSPS) is 12.0. The van der Waals surface area contributed by atoms with E-state index in [9.17, 15) is 26.9 Å². The lowest BCUT2D eigenvalue weighted by atomic mass is 10.3. The molecule has 0 aromatic heterocycles. The molecule has 0 unspecified atom stereocenters. The van der Waals surface area contributed by atoms with Crippen LogP contribution >= 0.6 is 27.5 Å². The van der Waals surface area contributed by atoms with Crippen LogP contribution in [0.25, 0.3) is 0 Å². The molecule has 12 heteroatoms. The van der Waals surface area contributed by atoms with Crippen molar-refractivity contribution in [2.24, 2.45) is 0 Å². The zero-order chi connectivity index (χ0) is 19.0. The van der Waals surface area contributed by atoms with Crippen molar-refractivity contribution in [3.05, 3.63) is 62.1 Å². The molecule has 0 aliphatic rings. The Balaban J connectivity index is 2.71. The molecule has 0 atom stereocenters. The molecule has 134 valence electrons. The van der Waals surface area contributed by atoms with Crippen LogP contribution < -0.4 is 3.71 Å². The van der Waals surface area contributed by atoms with Gasteiger partial charge in [-0.15, -0.1) is 0 Å². The Labute approximate surface area is 157 Å². The molecule has 8 nitrogen and oxygen atoms in total. The molecule has 0 amide bonds. The minimum absolute atomic E-state index is 0.136. The van der Waals surface area contributed by atoms with Crippen LogP contribution in [-0.4, -0.2) is 28.0 Å². The van der Waals surface area contributed by atoms with E-state index in [4.69, 9.17) is 11.6 Å². The highest BCUT2D eigenvalue weighted by Gasteiger charge is 2.34.